The van der Waals surface area contributed by atoms with Gasteiger partial charge in [-0.25, -0.2) is 0 Å². The molecule has 1 N–H and O–H groups in total. The molecule has 0 aromatic rings. The number of methoxy groups -OCH3 is 1. The van der Waals surface area contributed by atoms with Gasteiger partial charge in [-0.2, -0.15) is 0 Å². The van der Waals surface area contributed by atoms with Crippen LogP contribution in [-0.4, -0.2) is 54.7 Å². The molecule has 1 aliphatic heterocycles. The quantitative estimate of drug-likeness (QED) is 0.712. The highest BCUT2D eigenvalue weighted by molar-refractivity contribution is 7.85. The highest BCUT2D eigenvalue weighted by Gasteiger charge is 2.30. The van der Waals surface area contributed by atoms with Crippen molar-refractivity contribution < 1.29 is 13.7 Å². The Bertz CT molecular complexity index is 213. The molecule has 0 bridgehead atoms. The van der Waals surface area contributed by atoms with Gasteiger partial charge in [0.25, 0.3) is 0 Å². The first-order chi connectivity index (χ1) is 7.19. The number of hydrogen-bond donors (Lipinski definition) is 1. The molecule has 90 valence electrons. The van der Waals surface area contributed by atoms with Crippen LogP contribution in [0.4, 0.5) is 0 Å². The van der Waals surface area contributed by atoms with Crippen molar-refractivity contribution in [2.75, 3.05) is 33.1 Å². The monoisotopic (exact) mass is 235 g/mol. The van der Waals surface area contributed by atoms with Crippen molar-refractivity contribution in [1.82, 2.24) is 5.32 Å². The molecule has 4 unspecified atom stereocenters. The summed E-state index contributed by atoms with van der Waals surface area (Å²) in [7, 11) is 2.71. The highest BCUT2D eigenvalue weighted by Crippen LogP contribution is 2.19. The van der Waals surface area contributed by atoms with Crippen LogP contribution in [0.5, 0.6) is 0 Å². The summed E-state index contributed by atoms with van der Waals surface area (Å²) in [4.78, 5) is 0. The zero-order valence-corrected chi connectivity index (χ0v) is 10.5. The van der Waals surface area contributed by atoms with Crippen LogP contribution in [0.2, 0.25) is 0 Å². The van der Waals surface area contributed by atoms with E-state index in [0.29, 0.717) is 12.4 Å². The number of hydrogen-bond acceptors (Lipinski definition) is 4. The molecule has 1 rings (SSSR count). The van der Waals surface area contributed by atoms with Crippen LogP contribution in [0.1, 0.15) is 13.3 Å². The molecule has 15 heavy (non-hydrogen) atoms. The van der Waals surface area contributed by atoms with E-state index in [-0.39, 0.29) is 17.4 Å². The minimum atomic E-state index is -0.824. The Hall–Kier alpha value is 0.0300. The summed E-state index contributed by atoms with van der Waals surface area (Å²) in [6, 6.07) is 0.170. The van der Waals surface area contributed by atoms with E-state index < -0.39 is 10.8 Å². The van der Waals surface area contributed by atoms with E-state index in [1.54, 1.807) is 7.11 Å². The Labute approximate surface area is 94.2 Å². The zero-order valence-electron chi connectivity index (χ0n) is 9.69. The van der Waals surface area contributed by atoms with Crippen LogP contribution in [0, 0.1) is 0 Å². The normalized spacial score (nSPS) is 30.3. The van der Waals surface area contributed by atoms with E-state index >= 15 is 0 Å². The van der Waals surface area contributed by atoms with Crippen molar-refractivity contribution in [3.63, 3.8) is 0 Å². The van der Waals surface area contributed by atoms with Crippen molar-refractivity contribution in [2.45, 2.75) is 30.7 Å². The topological polar surface area (TPSA) is 47.6 Å². The molecule has 0 saturated carbocycles. The minimum absolute atomic E-state index is 0.130. The summed E-state index contributed by atoms with van der Waals surface area (Å²) < 4.78 is 22.5. The molecule has 0 amide bonds. The first-order valence-electron chi connectivity index (χ1n) is 5.34. The molecule has 0 aromatic heterocycles. The number of nitrogens with one attached hydrogen (secondary N) is 1. The van der Waals surface area contributed by atoms with Crippen LogP contribution in [-0.2, 0) is 20.3 Å². The molecule has 1 saturated heterocycles. The van der Waals surface area contributed by atoms with Crippen LogP contribution >= 0.6 is 0 Å². The van der Waals surface area contributed by atoms with Gasteiger partial charge in [0.05, 0.1) is 18.0 Å². The molecule has 5 heteroatoms. The first kappa shape index (κ1) is 13.1. The Balaban J connectivity index is 2.39. The summed E-state index contributed by atoms with van der Waals surface area (Å²) in [5.41, 5.74) is 0. The molecule has 1 aliphatic rings. The Morgan fingerprint density at radius 1 is 1.67 bits per heavy atom. The van der Waals surface area contributed by atoms with Crippen molar-refractivity contribution in [2.24, 2.45) is 0 Å². The van der Waals surface area contributed by atoms with Gasteiger partial charge in [-0.3, -0.25) is 4.21 Å². The minimum Gasteiger partial charge on any atom is -0.383 e. The second-order valence-electron chi connectivity index (χ2n) is 3.89. The summed E-state index contributed by atoms with van der Waals surface area (Å²) in [5, 5.41) is 3.31. The van der Waals surface area contributed by atoms with Crippen molar-refractivity contribution >= 4 is 10.8 Å². The highest BCUT2D eigenvalue weighted by atomic mass is 32.2. The standard InChI is InChI=1S/C10H21NO3S/c1-8-10(4-5-14-8)15(12)7-9(11-2)6-13-3/h8-11H,4-7H2,1-3H3. The summed E-state index contributed by atoms with van der Waals surface area (Å²) in [6.45, 7) is 3.34. The molecule has 1 fully saturated rings. The third-order valence-corrected chi connectivity index (χ3v) is 4.81. The molecular weight excluding hydrogens is 214 g/mol. The third kappa shape index (κ3) is 3.83. The molecule has 0 spiro atoms. The molecular formula is C10H21NO3S. The smallest absolute Gasteiger partial charge is 0.0691 e. The predicted molar refractivity (Wildman–Crippen MR) is 61.6 cm³/mol. The predicted octanol–water partition coefficient (Wildman–Crippen LogP) is 0.147. The second-order valence-corrected chi connectivity index (χ2v) is 5.59. The molecule has 0 radical (unpaired) electrons. The SMILES string of the molecule is CNC(COC)CS(=O)C1CCOC1C. The number of rotatable bonds is 6. The van der Waals surface area contributed by atoms with Gasteiger partial charge < -0.3 is 14.8 Å². The van der Waals surface area contributed by atoms with E-state index in [1.165, 1.54) is 0 Å². The average molecular weight is 235 g/mol. The summed E-state index contributed by atoms with van der Waals surface area (Å²) >= 11 is 0. The molecule has 0 aromatic carbocycles. The molecule has 0 aliphatic carbocycles. The largest absolute Gasteiger partial charge is 0.383 e. The van der Waals surface area contributed by atoms with E-state index in [0.717, 1.165) is 13.0 Å². The van der Waals surface area contributed by atoms with E-state index in [1.807, 2.05) is 14.0 Å². The Morgan fingerprint density at radius 2 is 2.40 bits per heavy atom. The van der Waals surface area contributed by atoms with E-state index in [9.17, 15) is 4.21 Å². The fourth-order valence-electron chi connectivity index (χ4n) is 1.80. The van der Waals surface area contributed by atoms with Gasteiger partial charge in [0, 0.05) is 36.3 Å². The van der Waals surface area contributed by atoms with Gasteiger partial charge in [-0.15, -0.1) is 0 Å². The lowest BCUT2D eigenvalue weighted by molar-refractivity contribution is 0.126. The van der Waals surface area contributed by atoms with Crippen LogP contribution in [0.3, 0.4) is 0 Å². The number of likely N-dealkylation sites (N-methyl/N-ethyl adjacent to an activating group) is 1. The maximum atomic E-state index is 12.0. The van der Waals surface area contributed by atoms with Gasteiger partial charge in [0.1, 0.15) is 0 Å². The van der Waals surface area contributed by atoms with Gasteiger partial charge in [-0.1, -0.05) is 0 Å². The molecule has 4 atom stereocenters. The van der Waals surface area contributed by atoms with E-state index in [2.05, 4.69) is 5.32 Å². The lowest BCUT2D eigenvalue weighted by atomic mass is 10.3. The number of ether oxygens (including phenoxy) is 2. The molecule has 4 nitrogen and oxygen atoms in total. The van der Waals surface area contributed by atoms with E-state index in [4.69, 9.17) is 9.47 Å². The first-order valence-corrected chi connectivity index (χ1v) is 6.72. The maximum absolute atomic E-state index is 12.0. The Kier molecular flexibility index (Phi) is 5.74. The van der Waals surface area contributed by atoms with Gasteiger partial charge in [-0.05, 0) is 20.4 Å². The zero-order chi connectivity index (χ0) is 11.3. The van der Waals surface area contributed by atoms with Gasteiger partial charge in [0.15, 0.2) is 0 Å². The summed E-state index contributed by atoms with van der Waals surface area (Å²) in [5.74, 6) is 0.642. The Morgan fingerprint density at radius 3 is 2.87 bits per heavy atom. The third-order valence-electron chi connectivity index (χ3n) is 2.79. The second kappa shape index (κ2) is 6.58. The van der Waals surface area contributed by atoms with Crippen LogP contribution in [0.25, 0.3) is 0 Å². The fraction of sp³-hybridized carbons (Fsp3) is 1.00. The maximum Gasteiger partial charge on any atom is 0.0691 e. The van der Waals surface area contributed by atoms with Crippen molar-refractivity contribution in [3.8, 4) is 0 Å². The van der Waals surface area contributed by atoms with Crippen molar-refractivity contribution in [3.05, 3.63) is 0 Å². The average Bonchev–Trinajstić information content (AvgIpc) is 2.63. The lowest BCUT2D eigenvalue weighted by Gasteiger charge is -2.19. The van der Waals surface area contributed by atoms with Crippen molar-refractivity contribution in [1.29, 1.82) is 0 Å². The van der Waals surface area contributed by atoms with Crippen LogP contribution in [0.15, 0.2) is 0 Å². The van der Waals surface area contributed by atoms with Crippen LogP contribution < -0.4 is 5.32 Å². The van der Waals surface area contributed by atoms with Gasteiger partial charge >= 0.3 is 0 Å². The lowest BCUT2D eigenvalue weighted by Crippen LogP contribution is -2.38. The fourth-order valence-corrected chi connectivity index (χ4v) is 3.57. The van der Waals surface area contributed by atoms with Gasteiger partial charge in [0.2, 0.25) is 0 Å². The molecule has 1 heterocycles. The summed E-state index contributed by atoms with van der Waals surface area (Å²) in [6.07, 6.45) is 1.04.